The van der Waals surface area contributed by atoms with Gasteiger partial charge in [0.2, 0.25) is 0 Å². The van der Waals surface area contributed by atoms with Crippen molar-refractivity contribution < 1.29 is 9.53 Å². The molecule has 0 fully saturated rings. The molecule has 0 saturated heterocycles. The van der Waals surface area contributed by atoms with Crippen LogP contribution in [0, 0.1) is 0 Å². The van der Waals surface area contributed by atoms with Gasteiger partial charge in [0.05, 0.1) is 6.61 Å². The molecule has 0 unspecified atom stereocenters. The summed E-state index contributed by atoms with van der Waals surface area (Å²) in [5.41, 5.74) is 0.191. The molecule has 0 heterocycles. The van der Waals surface area contributed by atoms with Crippen LogP contribution in [0.5, 0.6) is 0 Å². The second kappa shape index (κ2) is 5.31. The van der Waals surface area contributed by atoms with E-state index in [1.165, 1.54) is 0 Å². The second-order valence-corrected chi connectivity index (χ2v) is 5.00. The summed E-state index contributed by atoms with van der Waals surface area (Å²) in [6.45, 7) is 5.85. The molecule has 0 amide bonds. The van der Waals surface area contributed by atoms with Crippen molar-refractivity contribution in [2.75, 3.05) is 11.9 Å². The molecular weight excluding hydrogens is 238 g/mol. The molecule has 19 heavy (non-hydrogen) atoms. The topological polar surface area (TPSA) is 38.3 Å². The molecule has 2 aromatic rings. The van der Waals surface area contributed by atoms with Gasteiger partial charge in [0.25, 0.3) is 0 Å². The fourth-order valence-corrected chi connectivity index (χ4v) is 2.03. The maximum atomic E-state index is 11.9. The summed E-state index contributed by atoms with van der Waals surface area (Å²) < 4.78 is 5.09. The van der Waals surface area contributed by atoms with Crippen LogP contribution in [-0.2, 0) is 9.53 Å². The molecule has 2 aromatic carbocycles. The Balaban J connectivity index is 2.33. The maximum absolute atomic E-state index is 11.9. The lowest BCUT2D eigenvalue weighted by Gasteiger charge is -2.25. The van der Waals surface area contributed by atoms with E-state index in [2.05, 4.69) is 17.4 Å². The predicted molar refractivity (Wildman–Crippen MR) is 78.3 cm³/mol. The zero-order valence-corrected chi connectivity index (χ0v) is 11.6. The van der Waals surface area contributed by atoms with Gasteiger partial charge in [-0.1, -0.05) is 36.4 Å². The third kappa shape index (κ3) is 2.87. The lowest BCUT2D eigenvalue weighted by Crippen LogP contribution is -2.41. The van der Waals surface area contributed by atoms with Crippen molar-refractivity contribution in [3.05, 3.63) is 42.5 Å². The fraction of sp³-hybridized carbons (Fsp3) is 0.312. The van der Waals surface area contributed by atoms with Gasteiger partial charge in [-0.15, -0.1) is 0 Å². The number of esters is 1. The number of hydrogen-bond donors (Lipinski definition) is 1. The zero-order chi connectivity index (χ0) is 13.9. The van der Waals surface area contributed by atoms with Crippen molar-refractivity contribution in [1.29, 1.82) is 0 Å². The molecule has 0 aliphatic heterocycles. The van der Waals surface area contributed by atoms with Crippen LogP contribution in [0.25, 0.3) is 10.8 Å². The predicted octanol–water partition coefficient (Wildman–Crippen LogP) is 3.59. The summed E-state index contributed by atoms with van der Waals surface area (Å²) in [5, 5.41) is 5.52. The van der Waals surface area contributed by atoms with E-state index >= 15 is 0 Å². The van der Waals surface area contributed by atoms with Crippen molar-refractivity contribution in [3.63, 3.8) is 0 Å². The van der Waals surface area contributed by atoms with Gasteiger partial charge in [0.15, 0.2) is 0 Å². The van der Waals surface area contributed by atoms with E-state index < -0.39 is 5.54 Å². The normalized spacial score (nSPS) is 11.3. The van der Waals surface area contributed by atoms with Gasteiger partial charge < -0.3 is 10.1 Å². The van der Waals surface area contributed by atoms with E-state index in [4.69, 9.17) is 4.74 Å². The van der Waals surface area contributed by atoms with E-state index in [1.807, 2.05) is 51.1 Å². The number of nitrogens with one attached hydrogen (secondary N) is 1. The third-order valence-corrected chi connectivity index (χ3v) is 3.02. The Morgan fingerprint density at radius 3 is 2.58 bits per heavy atom. The van der Waals surface area contributed by atoms with Crippen LogP contribution in [0.1, 0.15) is 20.8 Å². The average molecular weight is 257 g/mol. The number of carbonyl (C=O) groups excluding carboxylic acids is 1. The van der Waals surface area contributed by atoms with Crippen LogP contribution in [0.3, 0.4) is 0 Å². The van der Waals surface area contributed by atoms with Gasteiger partial charge >= 0.3 is 5.97 Å². The molecule has 2 rings (SSSR count). The van der Waals surface area contributed by atoms with E-state index in [0.717, 1.165) is 16.5 Å². The van der Waals surface area contributed by atoms with Crippen molar-refractivity contribution >= 4 is 22.4 Å². The Morgan fingerprint density at radius 2 is 1.84 bits per heavy atom. The highest BCUT2D eigenvalue weighted by Gasteiger charge is 2.29. The lowest BCUT2D eigenvalue weighted by atomic mass is 10.0. The number of rotatable bonds is 4. The average Bonchev–Trinajstić information content (AvgIpc) is 2.39. The number of hydrogen-bond acceptors (Lipinski definition) is 3. The molecule has 3 heteroatoms. The molecule has 0 bridgehead atoms. The summed E-state index contributed by atoms with van der Waals surface area (Å²) in [6, 6.07) is 14.1. The Bertz CT molecular complexity index is 585. The van der Waals surface area contributed by atoms with Gasteiger partial charge in [0.1, 0.15) is 5.54 Å². The summed E-state index contributed by atoms with van der Waals surface area (Å²) in [6.07, 6.45) is 0. The summed E-state index contributed by atoms with van der Waals surface area (Å²) in [5.74, 6) is -0.247. The van der Waals surface area contributed by atoms with Gasteiger partial charge in [-0.2, -0.15) is 0 Å². The van der Waals surface area contributed by atoms with Crippen molar-refractivity contribution in [1.82, 2.24) is 0 Å². The Labute approximate surface area is 113 Å². The molecule has 3 nitrogen and oxygen atoms in total. The molecule has 100 valence electrons. The van der Waals surface area contributed by atoms with E-state index in [1.54, 1.807) is 0 Å². The minimum atomic E-state index is -0.750. The molecule has 0 saturated carbocycles. The standard InChI is InChI=1S/C16H19NO2/c1-4-19-15(18)16(2,3)17-14-11-7-9-12-8-5-6-10-13(12)14/h5-11,17H,4H2,1-3H3. The Hall–Kier alpha value is -2.03. The first-order valence-corrected chi connectivity index (χ1v) is 6.48. The molecule has 0 aromatic heterocycles. The summed E-state index contributed by atoms with van der Waals surface area (Å²) >= 11 is 0. The lowest BCUT2D eigenvalue weighted by molar-refractivity contribution is -0.147. The first-order chi connectivity index (χ1) is 9.04. The number of anilines is 1. The van der Waals surface area contributed by atoms with Crippen LogP contribution < -0.4 is 5.32 Å². The summed E-state index contributed by atoms with van der Waals surface area (Å²) in [7, 11) is 0. The molecule has 0 aliphatic rings. The first kappa shape index (κ1) is 13.4. The third-order valence-electron chi connectivity index (χ3n) is 3.02. The quantitative estimate of drug-likeness (QED) is 0.851. The second-order valence-electron chi connectivity index (χ2n) is 5.00. The van der Waals surface area contributed by atoms with Crippen LogP contribution >= 0.6 is 0 Å². The fourth-order valence-electron chi connectivity index (χ4n) is 2.03. The highest BCUT2D eigenvalue weighted by Crippen LogP contribution is 2.26. The van der Waals surface area contributed by atoms with Crippen LogP contribution in [0.15, 0.2) is 42.5 Å². The molecule has 0 radical (unpaired) electrons. The highest BCUT2D eigenvalue weighted by atomic mass is 16.5. The molecule has 0 spiro atoms. The van der Waals surface area contributed by atoms with Crippen LogP contribution in [0.2, 0.25) is 0 Å². The number of ether oxygens (including phenoxy) is 1. The van der Waals surface area contributed by atoms with Gasteiger partial charge in [-0.3, -0.25) is 0 Å². The molecular formula is C16H19NO2. The summed E-state index contributed by atoms with van der Waals surface area (Å²) in [4.78, 5) is 11.9. The number of benzene rings is 2. The highest BCUT2D eigenvalue weighted by molar-refractivity contribution is 5.96. The minimum absolute atomic E-state index is 0.247. The van der Waals surface area contributed by atoms with E-state index in [0.29, 0.717) is 6.61 Å². The SMILES string of the molecule is CCOC(=O)C(C)(C)Nc1cccc2ccccc12. The van der Waals surface area contributed by atoms with Gasteiger partial charge in [-0.25, -0.2) is 4.79 Å². The van der Waals surface area contributed by atoms with Gasteiger partial charge in [-0.05, 0) is 32.2 Å². The van der Waals surface area contributed by atoms with E-state index in [-0.39, 0.29) is 5.97 Å². The van der Waals surface area contributed by atoms with Crippen molar-refractivity contribution in [2.45, 2.75) is 26.3 Å². The van der Waals surface area contributed by atoms with E-state index in [9.17, 15) is 4.79 Å². The largest absolute Gasteiger partial charge is 0.464 e. The van der Waals surface area contributed by atoms with Crippen LogP contribution in [-0.4, -0.2) is 18.1 Å². The monoisotopic (exact) mass is 257 g/mol. The first-order valence-electron chi connectivity index (χ1n) is 6.48. The van der Waals surface area contributed by atoms with Gasteiger partial charge in [0, 0.05) is 11.1 Å². The van der Waals surface area contributed by atoms with Crippen molar-refractivity contribution in [2.24, 2.45) is 0 Å². The minimum Gasteiger partial charge on any atom is -0.464 e. The molecule has 1 N–H and O–H groups in total. The molecule has 0 aliphatic carbocycles. The van der Waals surface area contributed by atoms with Crippen molar-refractivity contribution in [3.8, 4) is 0 Å². The smallest absolute Gasteiger partial charge is 0.331 e. The number of fused-ring (bicyclic) bond motifs is 1. The zero-order valence-electron chi connectivity index (χ0n) is 11.6. The molecule has 0 atom stereocenters. The Kier molecular flexibility index (Phi) is 3.74. The maximum Gasteiger partial charge on any atom is 0.331 e. The van der Waals surface area contributed by atoms with Crippen LogP contribution in [0.4, 0.5) is 5.69 Å². The number of carbonyl (C=O) groups is 1. The Morgan fingerprint density at radius 1 is 1.16 bits per heavy atom.